The first-order valence-corrected chi connectivity index (χ1v) is 9.53. The molecule has 0 atom stereocenters. The van der Waals surface area contributed by atoms with Gasteiger partial charge in [0, 0.05) is 19.0 Å². The molecule has 0 unspecified atom stereocenters. The van der Waals surface area contributed by atoms with Crippen LogP contribution in [0.3, 0.4) is 0 Å². The number of hydrogen-bond donors (Lipinski definition) is 2. The Morgan fingerprint density at radius 2 is 1.83 bits per heavy atom. The van der Waals surface area contributed by atoms with Crippen LogP contribution in [0.2, 0.25) is 0 Å². The van der Waals surface area contributed by atoms with Crippen LogP contribution in [0.4, 0.5) is 16.3 Å². The van der Waals surface area contributed by atoms with Crippen molar-refractivity contribution in [1.29, 1.82) is 0 Å². The van der Waals surface area contributed by atoms with E-state index < -0.39 is 0 Å². The fraction of sp³-hybridized carbons (Fsp3) is 0.227. The Morgan fingerprint density at radius 1 is 1.10 bits per heavy atom. The summed E-state index contributed by atoms with van der Waals surface area (Å²) in [4.78, 5) is 28.4. The van der Waals surface area contributed by atoms with Crippen molar-refractivity contribution in [2.45, 2.75) is 33.5 Å². The van der Waals surface area contributed by atoms with Crippen LogP contribution < -0.4 is 10.2 Å². The normalized spacial score (nSPS) is 12.6. The molecule has 2 N–H and O–H groups in total. The fourth-order valence-corrected chi connectivity index (χ4v) is 3.59. The van der Waals surface area contributed by atoms with Crippen LogP contribution in [-0.4, -0.2) is 27.0 Å². The van der Waals surface area contributed by atoms with Crippen molar-refractivity contribution >= 4 is 23.4 Å². The third-order valence-corrected chi connectivity index (χ3v) is 5.09. The average molecular weight is 389 g/mol. The Labute approximate surface area is 169 Å². The van der Waals surface area contributed by atoms with Gasteiger partial charge in [-0.25, -0.2) is 4.79 Å². The predicted octanol–water partition coefficient (Wildman–Crippen LogP) is 3.63. The summed E-state index contributed by atoms with van der Waals surface area (Å²) in [6.45, 7) is 4.78. The van der Waals surface area contributed by atoms with Crippen molar-refractivity contribution in [2.24, 2.45) is 0 Å². The van der Waals surface area contributed by atoms with Crippen molar-refractivity contribution in [2.75, 3.05) is 4.90 Å². The second-order valence-electron chi connectivity index (χ2n) is 7.15. The van der Waals surface area contributed by atoms with Crippen LogP contribution in [0.1, 0.15) is 29.3 Å². The van der Waals surface area contributed by atoms with Gasteiger partial charge < -0.3 is 10.2 Å². The molecule has 7 heteroatoms. The quantitative estimate of drug-likeness (QED) is 0.715. The van der Waals surface area contributed by atoms with Gasteiger partial charge in [-0.05, 0) is 24.1 Å². The number of H-pyrrole nitrogens is 1. The molecule has 0 spiro atoms. The van der Waals surface area contributed by atoms with E-state index in [1.807, 2.05) is 61.5 Å². The zero-order chi connectivity index (χ0) is 20.4. The van der Waals surface area contributed by atoms with E-state index in [9.17, 15) is 9.59 Å². The lowest BCUT2D eigenvalue weighted by Crippen LogP contribution is -2.36. The first kappa shape index (κ1) is 18.7. The first-order chi connectivity index (χ1) is 14.0. The molecular weight excluding hydrogens is 366 g/mol. The minimum absolute atomic E-state index is 0.124. The van der Waals surface area contributed by atoms with Gasteiger partial charge in [0.25, 0.3) is 0 Å². The zero-order valence-electron chi connectivity index (χ0n) is 16.5. The number of aryl methyl sites for hydroxylation is 1. The van der Waals surface area contributed by atoms with Gasteiger partial charge in [0.05, 0.1) is 24.5 Å². The van der Waals surface area contributed by atoms with Crippen molar-refractivity contribution in [3.05, 3.63) is 77.0 Å². The van der Waals surface area contributed by atoms with Gasteiger partial charge in [0.1, 0.15) is 0 Å². The van der Waals surface area contributed by atoms with E-state index in [1.54, 1.807) is 9.80 Å². The highest BCUT2D eigenvalue weighted by Gasteiger charge is 2.32. The lowest BCUT2D eigenvalue weighted by Gasteiger charge is -2.22. The van der Waals surface area contributed by atoms with E-state index in [4.69, 9.17) is 0 Å². The summed E-state index contributed by atoms with van der Waals surface area (Å²) in [7, 11) is 0. The standard InChI is InChI=1S/C22H23N5O2/c1-15-8-6-7-11-20(15)27(16(2)28)21-18-13-26(14-19(18)24-25-21)22(29)23-12-17-9-4-3-5-10-17/h3-11H,12-14H2,1-2H3,(H,23,29)(H,24,25). The van der Waals surface area contributed by atoms with E-state index in [-0.39, 0.29) is 11.9 Å². The number of para-hydroxylation sites is 1. The molecule has 0 saturated carbocycles. The summed E-state index contributed by atoms with van der Waals surface area (Å²) in [6.07, 6.45) is 0. The molecule has 3 aromatic rings. The molecular formula is C22H23N5O2. The number of carbonyl (C=O) groups is 2. The van der Waals surface area contributed by atoms with Gasteiger partial charge in [0.15, 0.2) is 5.82 Å². The average Bonchev–Trinajstić information content (AvgIpc) is 3.30. The second kappa shape index (κ2) is 7.79. The minimum Gasteiger partial charge on any atom is -0.334 e. The molecule has 3 amide bonds. The molecule has 1 aliphatic rings. The van der Waals surface area contributed by atoms with Gasteiger partial charge in [-0.1, -0.05) is 48.5 Å². The molecule has 7 nitrogen and oxygen atoms in total. The number of rotatable bonds is 4. The Morgan fingerprint density at radius 3 is 2.55 bits per heavy atom. The van der Waals surface area contributed by atoms with Crippen molar-refractivity contribution < 1.29 is 9.59 Å². The SMILES string of the molecule is CC(=O)N(c1ccccc1C)c1n[nH]c2c1CN(C(=O)NCc1ccccc1)C2. The number of carbonyl (C=O) groups excluding carboxylic acids is 2. The number of hydrogen-bond acceptors (Lipinski definition) is 3. The molecule has 2 heterocycles. The highest BCUT2D eigenvalue weighted by molar-refractivity contribution is 5.99. The molecule has 0 radical (unpaired) electrons. The maximum atomic E-state index is 12.6. The van der Waals surface area contributed by atoms with Crippen LogP contribution in [0.15, 0.2) is 54.6 Å². The highest BCUT2D eigenvalue weighted by atomic mass is 16.2. The first-order valence-electron chi connectivity index (χ1n) is 9.53. The van der Waals surface area contributed by atoms with Gasteiger partial charge in [-0.2, -0.15) is 5.10 Å². The molecule has 0 aliphatic carbocycles. The maximum Gasteiger partial charge on any atom is 0.318 e. The van der Waals surface area contributed by atoms with Gasteiger partial charge in [-0.3, -0.25) is 14.8 Å². The predicted molar refractivity (Wildman–Crippen MR) is 111 cm³/mol. The number of amides is 3. The van der Waals surface area contributed by atoms with Crippen molar-refractivity contribution in [3.63, 3.8) is 0 Å². The van der Waals surface area contributed by atoms with Crippen molar-refractivity contribution in [3.8, 4) is 0 Å². The zero-order valence-corrected chi connectivity index (χ0v) is 16.5. The summed E-state index contributed by atoms with van der Waals surface area (Å²) < 4.78 is 0. The number of aromatic amines is 1. The Balaban J connectivity index is 1.52. The molecule has 0 fully saturated rings. The van der Waals surface area contributed by atoms with Crippen LogP contribution in [0, 0.1) is 6.92 Å². The van der Waals surface area contributed by atoms with Crippen LogP contribution in [0.25, 0.3) is 0 Å². The molecule has 1 aliphatic heterocycles. The number of aromatic nitrogens is 2. The van der Waals surface area contributed by atoms with Crippen LogP contribution >= 0.6 is 0 Å². The molecule has 0 bridgehead atoms. The smallest absolute Gasteiger partial charge is 0.318 e. The lowest BCUT2D eigenvalue weighted by molar-refractivity contribution is -0.115. The number of nitrogens with one attached hydrogen (secondary N) is 2. The van der Waals surface area contributed by atoms with Gasteiger partial charge in [-0.15, -0.1) is 0 Å². The van der Waals surface area contributed by atoms with E-state index in [0.29, 0.717) is 25.5 Å². The largest absolute Gasteiger partial charge is 0.334 e. The summed E-state index contributed by atoms with van der Waals surface area (Å²) in [5.41, 5.74) is 4.55. The highest BCUT2D eigenvalue weighted by Crippen LogP contribution is 2.35. The van der Waals surface area contributed by atoms with E-state index in [0.717, 1.165) is 28.1 Å². The number of benzene rings is 2. The Hall–Kier alpha value is -3.61. The summed E-state index contributed by atoms with van der Waals surface area (Å²) in [5, 5.41) is 10.3. The van der Waals surface area contributed by atoms with Crippen LogP contribution in [-0.2, 0) is 24.4 Å². The monoisotopic (exact) mass is 389 g/mol. The number of anilines is 2. The molecule has 1 aromatic heterocycles. The molecule has 2 aromatic carbocycles. The van der Waals surface area contributed by atoms with E-state index >= 15 is 0 Å². The summed E-state index contributed by atoms with van der Waals surface area (Å²) in [6, 6.07) is 17.3. The lowest BCUT2D eigenvalue weighted by atomic mass is 10.1. The number of urea groups is 1. The second-order valence-corrected chi connectivity index (χ2v) is 7.15. The number of fused-ring (bicyclic) bond motifs is 1. The van der Waals surface area contributed by atoms with Gasteiger partial charge in [0.2, 0.25) is 5.91 Å². The molecule has 148 valence electrons. The summed E-state index contributed by atoms with van der Waals surface area (Å²) >= 11 is 0. The third kappa shape index (κ3) is 3.71. The molecule has 29 heavy (non-hydrogen) atoms. The third-order valence-electron chi connectivity index (χ3n) is 5.09. The Kier molecular flexibility index (Phi) is 5.03. The fourth-order valence-electron chi connectivity index (χ4n) is 3.59. The van der Waals surface area contributed by atoms with Crippen molar-refractivity contribution in [1.82, 2.24) is 20.4 Å². The van der Waals surface area contributed by atoms with E-state index in [1.165, 1.54) is 6.92 Å². The summed E-state index contributed by atoms with van der Waals surface area (Å²) in [5.74, 6) is 0.431. The van der Waals surface area contributed by atoms with Crippen LogP contribution in [0.5, 0.6) is 0 Å². The van der Waals surface area contributed by atoms with Gasteiger partial charge >= 0.3 is 6.03 Å². The van der Waals surface area contributed by atoms with E-state index in [2.05, 4.69) is 15.5 Å². The molecule has 0 saturated heterocycles. The molecule has 4 rings (SSSR count). The maximum absolute atomic E-state index is 12.6. The Bertz CT molecular complexity index is 1040. The minimum atomic E-state index is -0.144. The topological polar surface area (TPSA) is 81.3 Å². The number of nitrogens with zero attached hydrogens (tertiary/aromatic N) is 3.